The summed E-state index contributed by atoms with van der Waals surface area (Å²) in [4.78, 5) is 23.0. The van der Waals surface area contributed by atoms with E-state index in [9.17, 15) is 22.8 Å². The number of rotatable bonds is 6. The molecule has 0 aromatic heterocycles. The summed E-state index contributed by atoms with van der Waals surface area (Å²) < 4.78 is 35.9. The van der Waals surface area contributed by atoms with Gasteiger partial charge in [-0.05, 0) is 31.5 Å². The fraction of sp³-hybridized carbons (Fsp3) is 0.467. The van der Waals surface area contributed by atoms with Crippen molar-refractivity contribution in [1.29, 1.82) is 0 Å². The first-order valence-corrected chi connectivity index (χ1v) is 7.15. The van der Waals surface area contributed by atoms with Crippen LogP contribution in [0.1, 0.15) is 25.8 Å². The predicted molar refractivity (Wildman–Crippen MR) is 81.1 cm³/mol. The van der Waals surface area contributed by atoms with Crippen molar-refractivity contribution in [2.45, 2.75) is 38.9 Å². The highest BCUT2D eigenvalue weighted by Crippen LogP contribution is 2.18. The van der Waals surface area contributed by atoms with Crippen molar-refractivity contribution in [2.24, 2.45) is 0 Å². The molecule has 3 amide bonds. The molecule has 0 fully saturated rings. The predicted octanol–water partition coefficient (Wildman–Crippen LogP) is 2.83. The van der Waals surface area contributed by atoms with Crippen LogP contribution in [0.3, 0.4) is 0 Å². The molecule has 23 heavy (non-hydrogen) atoms. The number of amides is 3. The van der Waals surface area contributed by atoms with E-state index >= 15 is 0 Å². The first kappa shape index (κ1) is 18.8. The molecule has 8 heteroatoms. The SMILES string of the molecule is CC(C)NC(=O)Cc1ccc(NC(=O)NCCC(F)(F)F)cc1. The van der Waals surface area contributed by atoms with Crippen molar-refractivity contribution in [3.8, 4) is 0 Å². The highest BCUT2D eigenvalue weighted by atomic mass is 19.4. The Morgan fingerprint density at radius 3 is 2.26 bits per heavy atom. The fourth-order valence-corrected chi connectivity index (χ4v) is 1.76. The number of halogens is 3. The molecule has 0 spiro atoms. The van der Waals surface area contributed by atoms with Gasteiger partial charge in [-0.3, -0.25) is 4.79 Å². The van der Waals surface area contributed by atoms with Gasteiger partial charge < -0.3 is 16.0 Å². The summed E-state index contributed by atoms with van der Waals surface area (Å²) in [5.74, 6) is -0.106. The monoisotopic (exact) mass is 331 g/mol. The van der Waals surface area contributed by atoms with Crippen molar-refractivity contribution in [1.82, 2.24) is 10.6 Å². The molecule has 0 atom stereocenters. The summed E-state index contributed by atoms with van der Waals surface area (Å²) in [6.07, 6.45) is -5.16. The van der Waals surface area contributed by atoms with Crippen LogP contribution < -0.4 is 16.0 Å². The lowest BCUT2D eigenvalue weighted by molar-refractivity contribution is -0.133. The number of nitrogens with one attached hydrogen (secondary N) is 3. The first-order valence-electron chi connectivity index (χ1n) is 7.15. The summed E-state index contributed by atoms with van der Waals surface area (Å²) in [6.45, 7) is 3.24. The molecule has 0 aliphatic carbocycles. The van der Waals surface area contributed by atoms with Gasteiger partial charge in [0.2, 0.25) is 5.91 Å². The minimum atomic E-state index is -4.30. The van der Waals surface area contributed by atoms with Gasteiger partial charge in [0.15, 0.2) is 0 Å². The van der Waals surface area contributed by atoms with Crippen LogP contribution in [0.25, 0.3) is 0 Å². The number of carbonyl (C=O) groups is 2. The Morgan fingerprint density at radius 2 is 1.74 bits per heavy atom. The molecule has 0 aliphatic heterocycles. The summed E-state index contributed by atoms with van der Waals surface area (Å²) in [7, 11) is 0. The highest BCUT2D eigenvalue weighted by molar-refractivity contribution is 5.89. The van der Waals surface area contributed by atoms with Crippen LogP contribution in [0, 0.1) is 0 Å². The van der Waals surface area contributed by atoms with Gasteiger partial charge in [0.25, 0.3) is 0 Å². The molecule has 0 heterocycles. The second-order valence-electron chi connectivity index (χ2n) is 5.34. The van der Waals surface area contributed by atoms with Gasteiger partial charge in [0.05, 0.1) is 12.8 Å². The summed E-state index contributed by atoms with van der Waals surface area (Å²) >= 11 is 0. The third kappa shape index (κ3) is 8.70. The van der Waals surface area contributed by atoms with Gasteiger partial charge in [0.1, 0.15) is 0 Å². The first-order chi connectivity index (χ1) is 10.7. The Morgan fingerprint density at radius 1 is 1.13 bits per heavy atom. The molecular weight excluding hydrogens is 311 g/mol. The number of hydrogen-bond acceptors (Lipinski definition) is 2. The molecule has 0 bridgehead atoms. The zero-order valence-electron chi connectivity index (χ0n) is 13.0. The molecule has 0 saturated heterocycles. The maximum atomic E-state index is 12.0. The zero-order valence-corrected chi connectivity index (χ0v) is 13.0. The second-order valence-corrected chi connectivity index (χ2v) is 5.34. The van der Waals surface area contributed by atoms with E-state index in [0.717, 1.165) is 5.56 Å². The Labute approximate surface area is 132 Å². The van der Waals surface area contributed by atoms with E-state index < -0.39 is 25.2 Å². The van der Waals surface area contributed by atoms with Gasteiger partial charge in [-0.1, -0.05) is 12.1 Å². The smallest absolute Gasteiger partial charge is 0.354 e. The maximum absolute atomic E-state index is 12.0. The third-order valence-corrected chi connectivity index (χ3v) is 2.72. The van der Waals surface area contributed by atoms with E-state index in [1.54, 1.807) is 24.3 Å². The molecular formula is C15H20F3N3O2. The largest absolute Gasteiger partial charge is 0.390 e. The van der Waals surface area contributed by atoms with Gasteiger partial charge >= 0.3 is 12.2 Å². The van der Waals surface area contributed by atoms with Crippen LogP contribution in [0.15, 0.2) is 24.3 Å². The van der Waals surface area contributed by atoms with Crippen molar-refractivity contribution >= 4 is 17.6 Å². The van der Waals surface area contributed by atoms with E-state index in [1.807, 2.05) is 13.8 Å². The van der Waals surface area contributed by atoms with Crippen molar-refractivity contribution < 1.29 is 22.8 Å². The minimum Gasteiger partial charge on any atom is -0.354 e. The Kier molecular flexibility index (Phi) is 6.87. The molecule has 0 saturated carbocycles. The van der Waals surface area contributed by atoms with Gasteiger partial charge in [0, 0.05) is 18.3 Å². The van der Waals surface area contributed by atoms with E-state index in [4.69, 9.17) is 0 Å². The molecule has 1 rings (SSSR count). The van der Waals surface area contributed by atoms with E-state index in [-0.39, 0.29) is 18.4 Å². The molecule has 0 aliphatic rings. The molecule has 5 nitrogen and oxygen atoms in total. The molecule has 1 aromatic carbocycles. The fourth-order valence-electron chi connectivity index (χ4n) is 1.76. The molecule has 0 unspecified atom stereocenters. The van der Waals surface area contributed by atoms with Crippen molar-refractivity contribution in [2.75, 3.05) is 11.9 Å². The lowest BCUT2D eigenvalue weighted by atomic mass is 10.1. The van der Waals surface area contributed by atoms with Crippen LogP contribution in [0.5, 0.6) is 0 Å². The van der Waals surface area contributed by atoms with Crippen LogP contribution in [-0.2, 0) is 11.2 Å². The maximum Gasteiger partial charge on any atom is 0.390 e. The average Bonchev–Trinajstić information content (AvgIpc) is 2.38. The Bertz CT molecular complexity index is 528. The standard InChI is InChI=1S/C15H20F3N3O2/c1-10(2)20-13(22)9-11-3-5-12(6-4-11)21-14(23)19-8-7-15(16,17)18/h3-6,10H,7-9H2,1-2H3,(H,20,22)(H2,19,21,23). The summed E-state index contributed by atoms with van der Waals surface area (Å²) in [5.41, 5.74) is 1.20. The van der Waals surface area contributed by atoms with E-state index in [2.05, 4.69) is 16.0 Å². The van der Waals surface area contributed by atoms with Gasteiger partial charge in [-0.15, -0.1) is 0 Å². The van der Waals surface area contributed by atoms with E-state index in [1.165, 1.54) is 0 Å². The lowest BCUT2D eigenvalue weighted by Crippen LogP contribution is -2.32. The van der Waals surface area contributed by atoms with Crippen molar-refractivity contribution in [3.05, 3.63) is 29.8 Å². The van der Waals surface area contributed by atoms with Gasteiger partial charge in [-0.2, -0.15) is 13.2 Å². The summed E-state index contributed by atoms with van der Waals surface area (Å²) in [6, 6.07) is 5.86. The molecule has 1 aromatic rings. The Balaban J connectivity index is 2.41. The average molecular weight is 331 g/mol. The number of benzene rings is 1. The van der Waals surface area contributed by atoms with Crippen LogP contribution in [0.4, 0.5) is 23.7 Å². The number of carbonyl (C=O) groups excluding carboxylic acids is 2. The number of urea groups is 1. The third-order valence-electron chi connectivity index (χ3n) is 2.72. The molecule has 128 valence electrons. The number of anilines is 1. The van der Waals surface area contributed by atoms with Crippen LogP contribution in [-0.4, -0.2) is 30.7 Å². The zero-order chi connectivity index (χ0) is 17.5. The Hall–Kier alpha value is -2.25. The minimum absolute atomic E-state index is 0.0591. The molecule has 3 N–H and O–H groups in total. The lowest BCUT2D eigenvalue weighted by Gasteiger charge is -2.10. The van der Waals surface area contributed by atoms with Crippen molar-refractivity contribution in [3.63, 3.8) is 0 Å². The molecule has 0 radical (unpaired) electrons. The number of hydrogen-bond donors (Lipinski definition) is 3. The quantitative estimate of drug-likeness (QED) is 0.750. The number of alkyl halides is 3. The van der Waals surface area contributed by atoms with E-state index in [0.29, 0.717) is 5.69 Å². The summed E-state index contributed by atoms with van der Waals surface area (Å²) in [5, 5.41) is 7.31. The van der Waals surface area contributed by atoms with Crippen LogP contribution in [0.2, 0.25) is 0 Å². The second kappa shape index (κ2) is 8.40. The van der Waals surface area contributed by atoms with Crippen LogP contribution >= 0.6 is 0 Å². The topological polar surface area (TPSA) is 70.2 Å². The van der Waals surface area contributed by atoms with Gasteiger partial charge in [-0.25, -0.2) is 4.79 Å². The highest BCUT2D eigenvalue weighted by Gasteiger charge is 2.26. The normalized spacial score (nSPS) is 11.2.